The maximum atomic E-state index is 12.6. The molecule has 1 amide bonds. The van der Waals surface area contributed by atoms with E-state index in [9.17, 15) is 4.79 Å². The molecule has 0 aliphatic carbocycles. The van der Waals surface area contributed by atoms with Crippen LogP contribution < -0.4 is 10.6 Å². The van der Waals surface area contributed by atoms with Crippen molar-refractivity contribution in [2.45, 2.75) is 6.54 Å². The second kappa shape index (κ2) is 8.96. The molecule has 0 saturated carbocycles. The molecular formula is C21H13Cl3N2O2S2. The minimum absolute atomic E-state index is 0.177. The second-order valence-corrected chi connectivity index (χ2v) is 9.01. The highest BCUT2D eigenvalue weighted by molar-refractivity contribution is 7.80. The number of fused-ring (bicyclic) bond motifs is 1. The Morgan fingerprint density at radius 2 is 1.73 bits per heavy atom. The first-order valence-electron chi connectivity index (χ1n) is 8.72. The molecule has 0 atom stereocenters. The van der Waals surface area contributed by atoms with Crippen LogP contribution in [0, 0.1) is 0 Å². The third-order valence-electron chi connectivity index (χ3n) is 4.24. The molecule has 0 saturated heterocycles. The Labute approximate surface area is 196 Å². The van der Waals surface area contributed by atoms with Crippen molar-refractivity contribution in [3.63, 3.8) is 0 Å². The van der Waals surface area contributed by atoms with Crippen molar-refractivity contribution in [3.05, 3.63) is 80.3 Å². The number of amides is 1. The monoisotopic (exact) mass is 494 g/mol. The number of benzene rings is 2. The van der Waals surface area contributed by atoms with Crippen LogP contribution in [0.2, 0.25) is 15.1 Å². The zero-order valence-corrected chi connectivity index (χ0v) is 19.1. The largest absolute Gasteiger partial charge is 0.459 e. The molecule has 0 aliphatic rings. The average molecular weight is 496 g/mol. The molecule has 0 spiro atoms. The third kappa shape index (κ3) is 4.63. The standard InChI is InChI=1S/C21H13Cl3N2O2S2/c22-12-3-1-11(2-4-12)16-8-6-14(28-16)10-25-21(29)26-20(27)19-18(24)15-7-5-13(23)9-17(15)30-19/h1-9H,10H2,(H2,25,26,27,29). The molecule has 0 bridgehead atoms. The van der Waals surface area contributed by atoms with Crippen LogP contribution in [0.5, 0.6) is 0 Å². The molecule has 152 valence electrons. The normalized spacial score (nSPS) is 10.9. The lowest BCUT2D eigenvalue weighted by Crippen LogP contribution is -2.38. The fourth-order valence-electron chi connectivity index (χ4n) is 2.80. The van der Waals surface area contributed by atoms with Gasteiger partial charge < -0.3 is 9.73 Å². The highest BCUT2D eigenvalue weighted by atomic mass is 35.5. The van der Waals surface area contributed by atoms with Crippen LogP contribution in [-0.2, 0) is 6.54 Å². The number of hydrogen-bond donors (Lipinski definition) is 2. The van der Waals surface area contributed by atoms with Crippen LogP contribution in [0.25, 0.3) is 21.4 Å². The Kier molecular flexibility index (Phi) is 6.32. The van der Waals surface area contributed by atoms with Gasteiger partial charge in [-0.3, -0.25) is 10.1 Å². The lowest BCUT2D eigenvalue weighted by molar-refractivity contribution is 0.0980. The van der Waals surface area contributed by atoms with Crippen LogP contribution in [0.3, 0.4) is 0 Å². The molecule has 2 aromatic carbocycles. The van der Waals surface area contributed by atoms with Crippen molar-refractivity contribution in [1.82, 2.24) is 10.6 Å². The summed E-state index contributed by atoms with van der Waals surface area (Å²) in [4.78, 5) is 13.0. The van der Waals surface area contributed by atoms with Gasteiger partial charge in [0.1, 0.15) is 16.4 Å². The topological polar surface area (TPSA) is 54.3 Å². The fraction of sp³-hybridized carbons (Fsp3) is 0.0476. The Balaban J connectivity index is 1.38. The van der Waals surface area contributed by atoms with Gasteiger partial charge in [-0.1, -0.05) is 40.9 Å². The first-order valence-corrected chi connectivity index (χ1v) is 11.1. The van der Waals surface area contributed by atoms with Crippen LogP contribution in [0.1, 0.15) is 15.4 Å². The van der Waals surface area contributed by atoms with Gasteiger partial charge in [-0.15, -0.1) is 11.3 Å². The van der Waals surface area contributed by atoms with Crippen LogP contribution >= 0.6 is 58.4 Å². The van der Waals surface area contributed by atoms with E-state index in [2.05, 4.69) is 10.6 Å². The minimum atomic E-state index is -0.379. The van der Waals surface area contributed by atoms with E-state index in [1.54, 1.807) is 30.3 Å². The van der Waals surface area contributed by atoms with Gasteiger partial charge in [-0.25, -0.2) is 0 Å². The van der Waals surface area contributed by atoms with Gasteiger partial charge in [0.2, 0.25) is 0 Å². The molecule has 0 fully saturated rings. The summed E-state index contributed by atoms with van der Waals surface area (Å²) in [6.07, 6.45) is 0. The van der Waals surface area contributed by atoms with Crippen LogP contribution in [0.15, 0.2) is 59.0 Å². The van der Waals surface area contributed by atoms with Crippen molar-refractivity contribution in [2.24, 2.45) is 0 Å². The van der Waals surface area contributed by atoms with Gasteiger partial charge in [0.25, 0.3) is 5.91 Å². The highest BCUT2D eigenvalue weighted by Gasteiger charge is 2.18. The van der Waals surface area contributed by atoms with Crippen molar-refractivity contribution < 1.29 is 9.21 Å². The maximum Gasteiger partial charge on any atom is 0.269 e. The van der Waals surface area contributed by atoms with E-state index in [1.807, 2.05) is 24.3 Å². The van der Waals surface area contributed by atoms with Crippen molar-refractivity contribution in [1.29, 1.82) is 0 Å². The number of halogens is 3. The molecule has 0 radical (unpaired) electrons. The number of thiocarbonyl (C=S) groups is 1. The molecule has 9 heteroatoms. The van der Waals surface area contributed by atoms with Crippen molar-refractivity contribution >= 4 is 79.5 Å². The number of hydrogen-bond acceptors (Lipinski definition) is 4. The zero-order chi connectivity index (χ0) is 21.3. The second-order valence-electron chi connectivity index (χ2n) is 6.30. The molecule has 30 heavy (non-hydrogen) atoms. The average Bonchev–Trinajstić information content (AvgIpc) is 3.31. The number of rotatable bonds is 4. The number of furan rings is 1. The number of carbonyl (C=O) groups is 1. The van der Waals surface area contributed by atoms with Crippen molar-refractivity contribution in [2.75, 3.05) is 0 Å². The van der Waals surface area contributed by atoms with Gasteiger partial charge in [0.05, 0.1) is 11.6 Å². The van der Waals surface area contributed by atoms with Crippen LogP contribution in [0.4, 0.5) is 0 Å². The highest BCUT2D eigenvalue weighted by Crippen LogP contribution is 2.36. The molecule has 2 aromatic heterocycles. The quantitative estimate of drug-likeness (QED) is 0.302. The van der Waals surface area contributed by atoms with Gasteiger partial charge >= 0.3 is 0 Å². The maximum absolute atomic E-state index is 12.6. The van der Waals surface area contributed by atoms with E-state index < -0.39 is 0 Å². The van der Waals surface area contributed by atoms with E-state index in [4.69, 9.17) is 51.4 Å². The summed E-state index contributed by atoms with van der Waals surface area (Å²) in [6.45, 7) is 0.322. The zero-order valence-electron chi connectivity index (χ0n) is 15.2. The van der Waals surface area contributed by atoms with E-state index in [0.717, 1.165) is 15.6 Å². The first kappa shape index (κ1) is 21.2. The molecule has 4 nitrogen and oxygen atoms in total. The van der Waals surface area contributed by atoms with E-state index in [-0.39, 0.29) is 11.0 Å². The Bertz CT molecular complexity index is 1250. The molecule has 2 N–H and O–H groups in total. The Morgan fingerprint density at radius 3 is 2.50 bits per heavy atom. The molecular weight excluding hydrogens is 483 g/mol. The summed E-state index contributed by atoms with van der Waals surface area (Å²) in [5.74, 6) is 1.01. The third-order valence-corrected chi connectivity index (χ3v) is 6.63. The fourth-order valence-corrected chi connectivity index (χ4v) is 4.78. The SMILES string of the molecule is O=C(NC(=S)NCc1ccc(-c2ccc(Cl)cc2)o1)c1sc2cc(Cl)ccc2c1Cl. The van der Waals surface area contributed by atoms with E-state index in [1.165, 1.54) is 11.3 Å². The molecule has 4 aromatic rings. The van der Waals surface area contributed by atoms with Gasteiger partial charge in [0, 0.05) is 25.7 Å². The van der Waals surface area contributed by atoms with Crippen molar-refractivity contribution in [3.8, 4) is 11.3 Å². The lowest BCUT2D eigenvalue weighted by atomic mass is 10.2. The van der Waals surface area contributed by atoms with E-state index >= 15 is 0 Å². The van der Waals surface area contributed by atoms with Gasteiger partial charge in [0.15, 0.2) is 5.11 Å². The molecule has 0 unspecified atom stereocenters. The summed E-state index contributed by atoms with van der Waals surface area (Å²) in [7, 11) is 0. The Hall–Kier alpha value is -2.09. The number of carbonyl (C=O) groups excluding carboxylic acids is 1. The van der Waals surface area contributed by atoms with Gasteiger partial charge in [-0.2, -0.15) is 0 Å². The minimum Gasteiger partial charge on any atom is -0.459 e. The summed E-state index contributed by atoms with van der Waals surface area (Å²) in [6, 6.07) is 16.4. The predicted molar refractivity (Wildman–Crippen MR) is 128 cm³/mol. The first-order chi connectivity index (χ1) is 14.4. The smallest absolute Gasteiger partial charge is 0.269 e. The van der Waals surface area contributed by atoms with E-state index in [0.29, 0.717) is 38.0 Å². The van der Waals surface area contributed by atoms with Gasteiger partial charge in [-0.05, 0) is 60.7 Å². The molecule has 4 rings (SSSR count). The lowest BCUT2D eigenvalue weighted by Gasteiger charge is -2.07. The summed E-state index contributed by atoms with van der Waals surface area (Å²) >= 11 is 24.8. The molecule has 2 heterocycles. The number of thiophene rings is 1. The predicted octanol–water partition coefficient (Wildman–Crippen LogP) is 6.93. The molecule has 0 aliphatic heterocycles. The summed E-state index contributed by atoms with van der Waals surface area (Å²) in [5, 5.41) is 8.19. The van der Waals surface area contributed by atoms with Crippen LogP contribution in [-0.4, -0.2) is 11.0 Å². The number of nitrogens with one attached hydrogen (secondary N) is 2. The summed E-state index contributed by atoms with van der Waals surface area (Å²) in [5.41, 5.74) is 0.918. The Morgan fingerprint density at radius 1 is 1.00 bits per heavy atom. The summed E-state index contributed by atoms with van der Waals surface area (Å²) < 4.78 is 6.65.